The van der Waals surface area contributed by atoms with Crippen molar-refractivity contribution in [3.63, 3.8) is 0 Å². The van der Waals surface area contributed by atoms with Crippen LogP contribution in [0, 0.1) is 5.92 Å². The molecule has 3 rings (SSSR count). The maximum atomic E-state index is 12.3. The van der Waals surface area contributed by atoms with Gasteiger partial charge in [0.05, 0.1) is 13.2 Å². The molecule has 1 aliphatic carbocycles. The number of methoxy groups -OCH3 is 1. The first-order valence-corrected chi connectivity index (χ1v) is 9.08. The second kappa shape index (κ2) is 8.38. The van der Waals surface area contributed by atoms with Gasteiger partial charge in [-0.3, -0.25) is 4.79 Å². The molecule has 1 saturated carbocycles. The highest BCUT2D eigenvalue weighted by molar-refractivity contribution is 5.78. The van der Waals surface area contributed by atoms with Crippen molar-refractivity contribution in [2.75, 3.05) is 20.2 Å². The van der Waals surface area contributed by atoms with E-state index in [0.29, 0.717) is 12.6 Å². The molecule has 0 spiro atoms. The third kappa shape index (κ3) is 4.41. The van der Waals surface area contributed by atoms with Crippen LogP contribution in [-0.2, 0) is 11.3 Å². The van der Waals surface area contributed by atoms with Gasteiger partial charge in [0.25, 0.3) is 0 Å². The molecule has 1 heterocycles. The zero-order valence-electron chi connectivity index (χ0n) is 14.5. The summed E-state index contributed by atoms with van der Waals surface area (Å²) in [4.78, 5) is 12.3. The van der Waals surface area contributed by atoms with Crippen molar-refractivity contribution in [1.29, 1.82) is 0 Å². The minimum absolute atomic E-state index is 0.138. The molecule has 2 aliphatic rings. The van der Waals surface area contributed by atoms with Gasteiger partial charge in [0.15, 0.2) is 11.5 Å². The fourth-order valence-corrected chi connectivity index (χ4v) is 3.53. The van der Waals surface area contributed by atoms with Crippen LogP contribution in [0.5, 0.6) is 11.5 Å². The lowest BCUT2D eigenvalue weighted by Crippen LogP contribution is -2.37. The van der Waals surface area contributed by atoms with Gasteiger partial charge in [-0.2, -0.15) is 0 Å². The first-order chi connectivity index (χ1) is 11.8. The lowest BCUT2D eigenvalue weighted by molar-refractivity contribution is -0.125. The van der Waals surface area contributed by atoms with Crippen molar-refractivity contribution in [3.05, 3.63) is 23.8 Å². The molecule has 0 radical (unpaired) electrons. The van der Waals surface area contributed by atoms with Gasteiger partial charge in [-0.05, 0) is 69.3 Å². The molecule has 0 bridgehead atoms. The summed E-state index contributed by atoms with van der Waals surface area (Å²) in [5, 5.41) is 6.35. The topological polar surface area (TPSA) is 59.6 Å². The molecule has 5 nitrogen and oxygen atoms in total. The molecule has 0 atom stereocenters. The smallest absolute Gasteiger partial charge is 0.223 e. The summed E-state index contributed by atoms with van der Waals surface area (Å²) in [7, 11) is 1.66. The number of ether oxygens (including phenoxy) is 2. The highest BCUT2D eigenvalue weighted by Gasteiger charge is 2.21. The molecular weight excluding hydrogens is 304 g/mol. The summed E-state index contributed by atoms with van der Waals surface area (Å²) >= 11 is 0. The number of hydrogen-bond donors (Lipinski definition) is 2. The van der Waals surface area contributed by atoms with Gasteiger partial charge in [0, 0.05) is 12.5 Å². The van der Waals surface area contributed by atoms with Crippen molar-refractivity contribution in [1.82, 2.24) is 10.6 Å². The lowest BCUT2D eigenvalue weighted by Gasteiger charge is -2.22. The molecule has 1 aromatic rings. The fraction of sp³-hybridized carbons (Fsp3) is 0.632. The van der Waals surface area contributed by atoms with Crippen LogP contribution in [0.1, 0.15) is 44.1 Å². The monoisotopic (exact) mass is 332 g/mol. The van der Waals surface area contributed by atoms with Gasteiger partial charge in [0.1, 0.15) is 0 Å². The van der Waals surface area contributed by atoms with E-state index >= 15 is 0 Å². The van der Waals surface area contributed by atoms with Gasteiger partial charge in [-0.15, -0.1) is 0 Å². The molecule has 1 aromatic carbocycles. The molecule has 1 aliphatic heterocycles. The second-order valence-corrected chi connectivity index (χ2v) is 6.75. The van der Waals surface area contributed by atoms with Crippen LogP contribution < -0.4 is 20.1 Å². The predicted molar refractivity (Wildman–Crippen MR) is 93.3 cm³/mol. The van der Waals surface area contributed by atoms with E-state index in [9.17, 15) is 4.79 Å². The third-order valence-corrected chi connectivity index (χ3v) is 5.00. The molecule has 0 unspecified atom stereocenters. The predicted octanol–water partition coefficient (Wildman–Crippen LogP) is 2.63. The highest BCUT2D eigenvalue weighted by atomic mass is 16.5. The number of benzene rings is 1. The van der Waals surface area contributed by atoms with E-state index in [1.165, 1.54) is 12.8 Å². The number of carbonyl (C=O) groups is 1. The molecule has 0 aromatic heterocycles. The minimum Gasteiger partial charge on any atom is -0.493 e. The fourth-order valence-electron chi connectivity index (χ4n) is 3.53. The molecule has 24 heavy (non-hydrogen) atoms. The maximum Gasteiger partial charge on any atom is 0.223 e. The van der Waals surface area contributed by atoms with E-state index in [0.717, 1.165) is 55.8 Å². The molecule has 5 heteroatoms. The minimum atomic E-state index is 0.138. The van der Waals surface area contributed by atoms with Crippen LogP contribution in [0.15, 0.2) is 18.2 Å². The Bertz CT molecular complexity index is 550. The Labute approximate surface area is 144 Å². The van der Waals surface area contributed by atoms with Crippen LogP contribution in [0.3, 0.4) is 0 Å². The summed E-state index contributed by atoms with van der Waals surface area (Å²) in [5.41, 5.74) is 1.05. The normalized spacial score (nSPS) is 19.2. The largest absolute Gasteiger partial charge is 0.493 e. The van der Waals surface area contributed by atoms with E-state index in [1.807, 2.05) is 18.2 Å². The van der Waals surface area contributed by atoms with Gasteiger partial charge < -0.3 is 20.1 Å². The van der Waals surface area contributed by atoms with E-state index in [1.54, 1.807) is 7.11 Å². The van der Waals surface area contributed by atoms with Crippen LogP contribution in [0.2, 0.25) is 0 Å². The van der Waals surface area contributed by atoms with Gasteiger partial charge in [-0.1, -0.05) is 6.07 Å². The van der Waals surface area contributed by atoms with Crippen molar-refractivity contribution in [2.24, 2.45) is 5.92 Å². The van der Waals surface area contributed by atoms with Crippen molar-refractivity contribution >= 4 is 5.91 Å². The Morgan fingerprint density at radius 1 is 1.17 bits per heavy atom. The number of carbonyl (C=O) groups excluding carboxylic acids is 1. The first-order valence-electron chi connectivity index (χ1n) is 9.08. The average Bonchev–Trinajstić information content (AvgIpc) is 3.13. The Morgan fingerprint density at radius 2 is 1.92 bits per heavy atom. The van der Waals surface area contributed by atoms with Crippen LogP contribution in [-0.4, -0.2) is 32.2 Å². The number of nitrogens with one attached hydrogen (secondary N) is 2. The van der Waals surface area contributed by atoms with Gasteiger partial charge >= 0.3 is 0 Å². The Morgan fingerprint density at radius 3 is 2.62 bits per heavy atom. The zero-order valence-corrected chi connectivity index (χ0v) is 14.5. The SMILES string of the molecule is COc1ccc(CNC(=O)C2CCNCC2)cc1OC1CCCC1. The summed E-state index contributed by atoms with van der Waals surface area (Å²) in [6, 6.07) is 5.92. The summed E-state index contributed by atoms with van der Waals surface area (Å²) in [5.74, 6) is 1.85. The number of rotatable bonds is 6. The molecular formula is C19H28N2O3. The Hall–Kier alpha value is -1.75. The van der Waals surface area contributed by atoms with E-state index < -0.39 is 0 Å². The second-order valence-electron chi connectivity index (χ2n) is 6.75. The van der Waals surface area contributed by atoms with Crippen molar-refractivity contribution in [2.45, 2.75) is 51.2 Å². The number of amides is 1. The molecule has 1 amide bonds. The number of piperidine rings is 1. The van der Waals surface area contributed by atoms with E-state index in [2.05, 4.69) is 10.6 Å². The summed E-state index contributed by atoms with van der Waals surface area (Å²) < 4.78 is 11.5. The van der Waals surface area contributed by atoms with E-state index in [-0.39, 0.29) is 11.8 Å². The Kier molecular flexibility index (Phi) is 5.96. The van der Waals surface area contributed by atoms with Gasteiger partial charge in [0.2, 0.25) is 5.91 Å². The molecule has 1 saturated heterocycles. The lowest BCUT2D eigenvalue weighted by atomic mass is 9.97. The van der Waals surface area contributed by atoms with Crippen molar-refractivity contribution < 1.29 is 14.3 Å². The average molecular weight is 332 g/mol. The van der Waals surface area contributed by atoms with Crippen LogP contribution >= 0.6 is 0 Å². The molecule has 132 valence electrons. The standard InChI is InChI=1S/C19H28N2O3/c1-23-17-7-6-14(12-18(17)24-16-4-2-3-5-16)13-21-19(22)15-8-10-20-11-9-15/h6-7,12,15-16,20H,2-5,8-11,13H2,1H3,(H,21,22). The summed E-state index contributed by atoms with van der Waals surface area (Å²) in [6.07, 6.45) is 6.82. The highest BCUT2D eigenvalue weighted by Crippen LogP contribution is 2.32. The van der Waals surface area contributed by atoms with E-state index in [4.69, 9.17) is 9.47 Å². The van der Waals surface area contributed by atoms with Gasteiger partial charge in [-0.25, -0.2) is 0 Å². The molecule has 2 fully saturated rings. The summed E-state index contributed by atoms with van der Waals surface area (Å²) in [6.45, 7) is 2.40. The number of hydrogen-bond acceptors (Lipinski definition) is 4. The van der Waals surface area contributed by atoms with Crippen LogP contribution in [0.4, 0.5) is 0 Å². The quantitative estimate of drug-likeness (QED) is 0.841. The van der Waals surface area contributed by atoms with Crippen LogP contribution in [0.25, 0.3) is 0 Å². The molecule has 2 N–H and O–H groups in total. The zero-order chi connectivity index (χ0) is 16.8. The third-order valence-electron chi connectivity index (χ3n) is 5.00. The maximum absolute atomic E-state index is 12.3. The first kappa shape index (κ1) is 17.1. The Balaban J connectivity index is 1.59. The van der Waals surface area contributed by atoms with Crippen molar-refractivity contribution in [3.8, 4) is 11.5 Å².